The first-order chi connectivity index (χ1) is 16.4. The Bertz CT molecular complexity index is 1310. The molecule has 1 amide bonds. The van der Waals surface area contributed by atoms with E-state index >= 15 is 0 Å². The minimum Gasteiger partial charge on any atom is -0.497 e. The first-order valence-corrected chi connectivity index (χ1v) is 12.2. The second-order valence-corrected chi connectivity index (χ2v) is 9.39. The van der Waals surface area contributed by atoms with E-state index in [-0.39, 0.29) is 11.7 Å². The van der Waals surface area contributed by atoms with Crippen molar-refractivity contribution in [1.29, 1.82) is 0 Å². The lowest BCUT2D eigenvalue weighted by Gasteiger charge is -2.07. The lowest BCUT2D eigenvalue weighted by molar-refractivity contribution is 0.0951. The molecule has 1 heterocycles. The van der Waals surface area contributed by atoms with Crippen LogP contribution >= 0.6 is 0 Å². The first kappa shape index (κ1) is 23.4. The van der Waals surface area contributed by atoms with Crippen molar-refractivity contribution in [3.63, 3.8) is 0 Å². The Labute approximate surface area is 201 Å². The van der Waals surface area contributed by atoms with E-state index in [0.29, 0.717) is 29.5 Å². The van der Waals surface area contributed by atoms with E-state index in [0.717, 1.165) is 27.3 Å². The van der Waals surface area contributed by atoms with Crippen molar-refractivity contribution < 1.29 is 18.2 Å². The number of nitrogens with zero attached hydrogens (tertiary/aromatic N) is 1. The number of amides is 1. The molecule has 34 heavy (non-hydrogen) atoms. The summed E-state index contributed by atoms with van der Waals surface area (Å²) in [6.45, 7) is 4.22. The maximum atomic E-state index is 12.7. The average molecular weight is 475 g/mol. The van der Waals surface area contributed by atoms with Crippen LogP contribution in [0, 0.1) is 13.8 Å². The molecule has 0 unspecified atom stereocenters. The number of hydrogen-bond acceptors (Lipinski definition) is 5. The molecule has 1 atom stereocenters. The molecule has 0 saturated carbocycles. The fourth-order valence-electron chi connectivity index (χ4n) is 3.41. The Balaban J connectivity index is 1.40. The van der Waals surface area contributed by atoms with E-state index in [1.165, 1.54) is 0 Å². The summed E-state index contributed by atoms with van der Waals surface area (Å²) < 4.78 is 23.8. The van der Waals surface area contributed by atoms with Gasteiger partial charge in [-0.2, -0.15) is 0 Å². The van der Waals surface area contributed by atoms with Gasteiger partial charge < -0.3 is 14.5 Å². The van der Waals surface area contributed by atoms with Crippen molar-refractivity contribution in [1.82, 2.24) is 10.3 Å². The smallest absolute Gasteiger partial charge is 0.251 e. The molecule has 1 aromatic heterocycles. The SMILES string of the molecule is COc1cccc(CNC(=O)c2ccc(-c3nc(C[S@](=O)c4ccc(C)cc4)c(C)o3)cc2)c1. The third-order valence-electron chi connectivity index (χ3n) is 5.43. The van der Waals surface area contributed by atoms with Gasteiger partial charge in [-0.05, 0) is 67.9 Å². The van der Waals surface area contributed by atoms with Crippen molar-refractivity contribution in [3.8, 4) is 17.2 Å². The highest BCUT2D eigenvalue weighted by Crippen LogP contribution is 2.24. The van der Waals surface area contributed by atoms with Crippen LogP contribution in [0.1, 0.15) is 32.9 Å². The third-order valence-corrected chi connectivity index (χ3v) is 6.76. The number of carbonyl (C=O) groups is 1. The van der Waals surface area contributed by atoms with Gasteiger partial charge in [0.15, 0.2) is 0 Å². The highest BCUT2D eigenvalue weighted by Gasteiger charge is 2.16. The van der Waals surface area contributed by atoms with Crippen molar-refractivity contribution in [3.05, 3.63) is 101 Å². The summed E-state index contributed by atoms with van der Waals surface area (Å²) in [6.07, 6.45) is 0. The van der Waals surface area contributed by atoms with Gasteiger partial charge >= 0.3 is 0 Å². The van der Waals surface area contributed by atoms with E-state index < -0.39 is 10.8 Å². The summed E-state index contributed by atoms with van der Waals surface area (Å²) in [6, 6.07) is 22.3. The first-order valence-electron chi connectivity index (χ1n) is 10.9. The summed E-state index contributed by atoms with van der Waals surface area (Å²) in [5.41, 5.74) is 4.03. The zero-order valence-electron chi connectivity index (χ0n) is 19.3. The van der Waals surface area contributed by atoms with Gasteiger partial charge in [0.25, 0.3) is 5.91 Å². The van der Waals surface area contributed by atoms with Gasteiger partial charge in [-0.1, -0.05) is 29.8 Å². The molecule has 0 fully saturated rings. The molecule has 0 spiro atoms. The quantitative estimate of drug-likeness (QED) is 0.379. The number of methoxy groups -OCH3 is 1. The molecule has 7 heteroatoms. The summed E-state index contributed by atoms with van der Waals surface area (Å²) >= 11 is 0. The van der Waals surface area contributed by atoms with Crippen LogP contribution in [0.5, 0.6) is 5.75 Å². The largest absolute Gasteiger partial charge is 0.497 e. The van der Waals surface area contributed by atoms with Crippen LogP contribution in [0.25, 0.3) is 11.5 Å². The van der Waals surface area contributed by atoms with Crippen LogP contribution in [0.2, 0.25) is 0 Å². The van der Waals surface area contributed by atoms with Crippen LogP contribution in [0.4, 0.5) is 0 Å². The normalized spacial score (nSPS) is 11.7. The predicted molar refractivity (Wildman–Crippen MR) is 132 cm³/mol. The summed E-state index contributed by atoms with van der Waals surface area (Å²) in [7, 11) is 0.402. The number of aryl methyl sites for hydroxylation is 2. The fourth-order valence-corrected chi connectivity index (χ4v) is 4.54. The zero-order valence-corrected chi connectivity index (χ0v) is 20.1. The van der Waals surface area contributed by atoms with Gasteiger partial charge in [-0.3, -0.25) is 9.00 Å². The molecular formula is C27H26N2O4S. The van der Waals surface area contributed by atoms with Gasteiger partial charge in [0.1, 0.15) is 11.5 Å². The second-order valence-electron chi connectivity index (χ2n) is 7.94. The molecule has 6 nitrogen and oxygen atoms in total. The number of ether oxygens (including phenoxy) is 1. The molecular weight excluding hydrogens is 448 g/mol. The number of hydrogen-bond donors (Lipinski definition) is 1. The van der Waals surface area contributed by atoms with Crippen molar-refractivity contribution in [2.75, 3.05) is 7.11 Å². The number of aromatic nitrogens is 1. The van der Waals surface area contributed by atoms with E-state index in [2.05, 4.69) is 10.3 Å². The molecule has 0 saturated heterocycles. The monoisotopic (exact) mass is 474 g/mol. The number of carbonyl (C=O) groups excluding carboxylic acids is 1. The third kappa shape index (κ3) is 5.61. The lowest BCUT2D eigenvalue weighted by atomic mass is 10.1. The van der Waals surface area contributed by atoms with Crippen LogP contribution in [0.3, 0.4) is 0 Å². The number of benzene rings is 3. The van der Waals surface area contributed by atoms with E-state index in [1.54, 1.807) is 31.4 Å². The van der Waals surface area contributed by atoms with Crippen molar-refractivity contribution in [2.24, 2.45) is 0 Å². The Hall–Kier alpha value is -3.71. The maximum Gasteiger partial charge on any atom is 0.251 e. The zero-order chi connectivity index (χ0) is 24.1. The van der Waals surface area contributed by atoms with Crippen molar-refractivity contribution in [2.45, 2.75) is 31.0 Å². The predicted octanol–water partition coefficient (Wildman–Crippen LogP) is 5.20. The maximum absolute atomic E-state index is 12.7. The summed E-state index contributed by atoms with van der Waals surface area (Å²) in [5, 5.41) is 2.91. The molecule has 0 aliphatic rings. The molecule has 0 aliphatic carbocycles. The minimum atomic E-state index is -1.21. The van der Waals surface area contributed by atoms with E-state index in [1.807, 2.05) is 62.4 Å². The van der Waals surface area contributed by atoms with Gasteiger partial charge in [0, 0.05) is 22.6 Å². The van der Waals surface area contributed by atoms with Crippen LogP contribution in [-0.2, 0) is 23.1 Å². The van der Waals surface area contributed by atoms with E-state index in [9.17, 15) is 9.00 Å². The number of oxazole rings is 1. The second kappa shape index (κ2) is 10.5. The lowest BCUT2D eigenvalue weighted by Crippen LogP contribution is -2.22. The number of rotatable bonds is 8. The Kier molecular flexibility index (Phi) is 7.23. The van der Waals surface area contributed by atoms with E-state index in [4.69, 9.17) is 9.15 Å². The topological polar surface area (TPSA) is 81.4 Å². The van der Waals surface area contributed by atoms with Gasteiger partial charge in [0.05, 0.1) is 29.4 Å². The fraction of sp³-hybridized carbons (Fsp3) is 0.185. The molecule has 1 N–H and O–H groups in total. The highest BCUT2D eigenvalue weighted by molar-refractivity contribution is 7.84. The van der Waals surface area contributed by atoms with Crippen LogP contribution in [-0.4, -0.2) is 22.2 Å². The van der Waals surface area contributed by atoms with Crippen molar-refractivity contribution >= 4 is 16.7 Å². The molecule has 0 aliphatic heterocycles. The van der Waals surface area contributed by atoms with Gasteiger partial charge in [-0.15, -0.1) is 0 Å². The summed E-state index contributed by atoms with van der Waals surface area (Å²) in [5.74, 6) is 1.93. The minimum absolute atomic E-state index is 0.174. The Morgan fingerprint density at radius 3 is 2.47 bits per heavy atom. The molecule has 0 bridgehead atoms. The standard InChI is InChI=1S/C27H26N2O4S/c1-18-7-13-24(14-8-18)34(31)17-25-19(2)33-27(29-25)22-11-9-21(10-12-22)26(30)28-16-20-5-4-6-23(15-20)32-3/h4-15H,16-17H2,1-3H3,(H,28,30)/t34-/m0/s1. The van der Waals surface area contributed by atoms with Gasteiger partial charge in [0.2, 0.25) is 5.89 Å². The van der Waals surface area contributed by atoms with Crippen LogP contribution in [0.15, 0.2) is 82.1 Å². The molecule has 4 rings (SSSR count). The van der Waals surface area contributed by atoms with Gasteiger partial charge in [-0.25, -0.2) is 4.98 Å². The highest BCUT2D eigenvalue weighted by atomic mass is 32.2. The average Bonchev–Trinajstić information content (AvgIpc) is 3.23. The molecule has 3 aromatic carbocycles. The Morgan fingerprint density at radius 2 is 1.76 bits per heavy atom. The number of nitrogens with one attached hydrogen (secondary N) is 1. The molecule has 4 aromatic rings. The molecule has 174 valence electrons. The Morgan fingerprint density at radius 1 is 1.03 bits per heavy atom. The molecule has 0 radical (unpaired) electrons. The van der Waals surface area contributed by atoms with Crippen LogP contribution < -0.4 is 10.1 Å². The summed E-state index contributed by atoms with van der Waals surface area (Å²) in [4.78, 5) is 17.9.